The molecule has 47 heavy (non-hydrogen) atoms. The summed E-state index contributed by atoms with van der Waals surface area (Å²) in [5.74, 6) is -1.36. The monoisotopic (exact) mass is 655 g/mol. The highest BCUT2D eigenvalue weighted by Crippen LogP contribution is 2.38. The molecule has 0 aliphatic heterocycles. The van der Waals surface area contributed by atoms with Gasteiger partial charge in [0.15, 0.2) is 11.5 Å². The van der Waals surface area contributed by atoms with Gasteiger partial charge < -0.3 is 35.3 Å². The molecule has 3 amide bonds. The number of aryl methyl sites for hydroxylation is 1. The molecule has 0 aliphatic rings. The van der Waals surface area contributed by atoms with Gasteiger partial charge in [0.1, 0.15) is 5.70 Å². The van der Waals surface area contributed by atoms with Crippen molar-refractivity contribution in [2.75, 3.05) is 37.7 Å². The molecule has 0 fully saturated rings. The molecule has 4 aromatic carbocycles. The minimum atomic E-state index is -1.09. The molecule has 4 N–H and O–H groups in total. The van der Waals surface area contributed by atoms with Gasteiger partial charge in [-0.2, -0.15) is 0 Å². The van der Waals surface area contributed by atoms with Crippen LogP contribution in [0.5, 0.6) is 17.2 Å². The lowest BCUT2D eigenvalue weighted by molar-refractivity contribution is -0.114. The predicted molar refractivity (Wildman–Crippen MR) is 181 cm³/mol. The average molecular weight is 656 g/mol. The molecule has 0 atom stereocenters. The van der Waals surface area contributed by atoms with Crippen molar-refractivity contribution in [2.24, 2.45) is 0 Å². The van der Waals surface area contributed by atoms with Gasteiger partial charge in [-0.25, -0.2) is 4.79 Å². The van der Waals surface area contributed by atoms with Crippen molar-refractivity contribution >= 4 is 52.9 Å². The number of carbonyl (C=O) groups is 4. The highest BCUT2D eigenvalue weighted by molar-refractivity contribution is 8.00. The largest absolute Gasteiger partial charge is 0.493 e. The topological polar surface area (TPSA) is 152 Å². The number of carboxylic acids is 1. The van der Waals surface area contributed by atoms with Crippen molar-refractivity contribution in [1.82, 2.24) is 5.32 Å². The van der Waals surface area contributed by atoms with Gasteiger partial charge in [-0.15, -0.1) is 11.8 Å². The number of methoxy groups -OCH3 is 3. The molecule has 4 rings (SSSR count). The van der Waals surface area contributed by atoms with Crippen molar-refractivity contribution in [3.63, 3.8) is 0 Å². The van der Waals surface area contributed by atoms with Crippen molar-refractivity contribution in [3.05, 3.63) is 113 Å². The molecule has 4 aromatic rings. The number of ether oxygens (including phenoxy) is 3. The highest BCUT2D eigenvalue weighted by atomic mass is 32.2. The predicted octanol–water partition coefficient (Wildman–Crippen LogP) is 5.86. The van der Waals surface area contributed by atoms with Crippen molar-refractivity contribution in [3.8, 4) is 17.2 Å². The van der Waals surface area contributed by atoms with E-state index in [9.17, 15) is 24.3 Å². The quantitative estimate of drug-likeness (QED) is 0.103. The molecule has 0 aliphatic carbocycles. The van der Waals surface area contributed by atoms with E-state index in [2.05, 4.69) is 16.0 Å². The van der Waals surface area contributed by atoms with Crippen LogP contribution in [0.4, 0.5) is 11.4 Å². The number of anilines is 2. The standard InChI is InChI=1S/C35H33N3O8S/c1-21-13-14-24(35(42)43)18-27(21)37-31(39)20-47-26-12-8-11-25(19-26)36-34(41)28(38-33(40)23-9-6-5-7-10-23)15-22-16-29(44-2)32(46-4)30(17-22)45-3/h5-19H,20H2,1-4H3,(H,36,41)(H,37,39)(H,38,40)(H,42,43)/b28-15+. The van der Waals surface area contributed by atoms with Crippen LogP contribution in [-0.4, -0.2) is 55.9 Å². The Morgan fingerprint density at radius 1 is 0.787 bits per heavy atom. The zero-order valence-corrected chi connectivity index (χ0v) is 26.9. The van der Waals surface area contributed by atoms with E-state index < -0.39 is 17.8 Å². The molecule has 0 unspecified atom stereocenters. The highest BCUT2D eigenvalue weighted by Gasteiger charge is 2.18. The fourth-order valence-corrected chi connectivity index (χ4v) is 5.14. The lowest BCUT2D eigenvalue weighted by Gasteiger charge is -2.15. The first-order valence-electron chi connectivity index (χ1n) is 14.2. The second kappa shape index (κ2) is 16.0. The van der Waals surface area contributed by atoms with E-state index in [1.165, 1.54) is 51.3 Å². The van der Waals surface area contributed by atoms with E-state index in [4.69, 9.17) is 14.2 Å². The van der Waals surface area contributed by atoms with Gasteiger partial charge >= 0.3 is 5.97 Å². The zero-order valence-electron chi connectivity index (χ0n) is 26.1. The Morgan fingerprint density at radius 2 is 1.49 bits per heavy atom. The maximum absolute atomic E-state index is 13.6. The number of carbonyl (C=O) groups excluding carboxylic acids is 3. The van der Waals surface area contributed by atoms with E-state index in [1.807, 2.05) is 0 Å². The minimum Gasteiger partial charge on any atom is -0.493 e. The summed E-state index contributed by atoms with van der Waals surface area (Å²) >= 11 is 1.23. The fourth-order valence-electron chi connectivity index (χ4n) is 4.38. The molecular formula is C35H33N3O8S. The normalized spacial score (nSPS) is 10.9. The Kier molecular flexibility index (Phi) is 11.6. The molecule has 0 aromatic heterocycles. The summed E-state index contributed by atoms with van der Waals surface area (Å²) in [5, 5.41) is 17.5. The Bertz CT molecular complexity index is 1800. The molecule has 0 bridgehead atoms. The van der Waals surface area contributed by atoms with Gasteiger partial charge in [-0.1, -0.05) is 30.3 Å². The first kappa shape index (κ1) is 34.1. The van der Waals surface area contributed by atoms with Crippen LogP contribution in [0.1, 0.15) is 31.8 Å². The molecule has 0 spiro atoms. The Labute approximate surface area is 275 Å². The van der Waals surface area contributed by atoms with Gasteiger partial charge in [0.05, 0.1) is 32.6 Å². The second-order valence-electron chi connectivity index (χ2n) is 9.99. The summed E-state index contributed by atoms with van der Waals surface area (Å²) in [4.78, 5) is 51.4. The molecule has 0 radical (unpaired) electrons. The van der Waals surface area contributed by atoms with Crippen LogP contribution in [0.2, 0.25) is 0 Å². The number of carboxylic acid groups (broad SMARTS) is 1. The van der Waals surface area contributed by atoms with Gasteiger partial charge in [0.25, 0.3) is 11.8 Å². The summed E-state index contributed by atoms with van der Waals surface area (Å²) in [6.45, 7) is 1.77. The lowest BCUT2D eigenvalue weighted by Crippen LogP contribution is -2.30. The van der Waals surface area contributed by atoms with Crippen LogP contribution in [0.25, 0.3) is 6.08 Å². The maximum atomic E-state index is 13.6. The van der Waals surface area contributed by atoms with Gasteiger partial charge in [-0.05, 0) is 78.7 Å². The lowest BCUT2D eigenvalue weighted by atomic mass is 10.1. The SMILES string of the molecule is COc1cc(/C=C(/NC(=O)c2ccccc2)C(=O)Nc2cccc(SCC(=O)Nc3cc(C(=O)O)ccc3C)c2)cc(OC)c1OC. The third-order valence-electron chi connectivity index (χ3n) is 6.75. The van der Waals surface area contributed by atoms with Crippen LogP contribution < -0.4 is 30.2 Å². The Morgan fingerprint density at radius 3 is 2.13 bits per heavy atom. The summed E-state index contributed by atoms with van der Waals surface area (Å²) < 4.78 is 16.3. The Hall–Kier alpha value is -5.75. The second-order valence-corrected chi connectivity index (χ2v) is 11.0. The summed E-state index contributed by atoms with van der Waals surface area (Å²) in [5.41, 5.74) is 2.45. The number of hydrogen-bond donors (Lipinski definition) is 4. The smallest absolute Gasteiger partial charge is 0.335 e. The molecule has 12 heteroatoms. The molecule has 0 saturated heterocycles. The number of rotatable bonds is 13. The number of nitrogens with one attached hydrogen (secondary N) is 3. The van der Waals surface area contributed by atoms with Gasteiger partial charge in [0, 0.05) is 21.8 Å². The minimum absolute atomic E-state index is 0.0353. The number of benzene rings is 4. The van der Waals surface area contributed by atoms with Gasteiger partial charge in [0.2, 0.25) is 11.7 Å². The number of aromatic carboxylic acids is 1. The maximum Gasteiger partial charge on any atom is 0.335 e. The zero-order chi connectivity index (χ0) is 33.9. The van der Waals surface area contributed by atoms with E-state index in [1.54, 1.807) is 79.7 Å². The third kappa shape index (κ3) is 9.14. The van der Waals surface area contributed by atoms with E-state index in [0.29, 0.717) is 44.6 Å². The average Bonchev–Trinajstić information content (AvgIpc) is 3.07. The molecular weight excluding hydrogens is 622 g/mol. The van der Waals surface area contributed by atoms with Crippen molar-refractivity contribution in [1.29, 1.82) is 0 Å². The van der Waals surface area contributed by atoms with Crippen LogP contribution in [0, 0.1) is 6.92 Å². The van der Waals surface area contributed by atoms with Crippen LogP contribution >= 0.6 is 11.8 Å². The van der Waals surface area contributed by atoms with Gasteiger partial charge in [-0.3, -0.25) is 14.4 Å². The van der Waals surface area contributed by atoms with Crippen LogP contribution in [-0.2, 0) is 9.59 Å². The number of thioether (sulfide) groups is 1. The molecule has 242 valence electrons. The van der Waals surface area contributed by atoms with Crippen LogP contribution in [0.15, 0.2) is 95.5 Å². The van der Waals surface area contributed by atoms with E-state index in [-0.39, 0.29) is 22.9 Å². The first-order chi connectivity index (χ1) is 22.6. The van der Waals surface area contributed by atoms with Crippen molar-refractivity contribution in [2.45, 2.75) is 11.8 Å². The Balaban J connectivity index is 1.53. The number of amides is 3. The molecule has 11 nitrogen and oxygen atoms in total. The molecule has 0 heterocycles. The summed E-state index contributed by atoms with van der Waals surface area (Å²) in [6, 6.07) is 23.2. The third-order valence-corrected chi connectivity index (χ3v) is 7.74. The van der Waals surface area contributed by atoms with E-state index in [0.717, 1.165) is 5.56 Å². The van der Waals surface area contributed by atoms with Crippen molar-refractivity contribution < 1.29 is 38.5 Å². The first-order valence-corrected chi connectivity index (χ1v) is 15.2. The number of hydrogen-bond acceptors (Lipinski definition) is 8. The summed E-state index contributed by atoms with van der Waals surface area (Å²) in [7, 11) is 4.43. The van der Waals surface area contributed by atoms with E-state index >= 15 is 0 Å². The van der Waals surface area contributed by atoms with Crippen LogP contribution in [0.3, 0.4) is 0 Å². The summed E-state index contributed by atoms with van der Waals surface area (Å²) in [6.07, 6.45) is 1.49. The molecule has 0 saturated carbocycles. The fraction of sp³-hybridized carbons (Fsp3) is 0.143.